The Morgan fingerprint density at radius 1 is 1.08 bits per heavy atom. The van der Waals surface area contributed by atoms with Crippen LogP contribution in [-0.4, -0.2) is 43.4 Å². The van der Waals surface area contributed by atoms with Gasteiger partial charge in [0.2, 0.25) is 0 Å². The van der Waals surface area contributed by atoms with Gasteiger partial charge < -0.3 is 14.8 Å². The van der Waals surface area contributed by atoms with Crippen LogP contribution in [0, 0.1) is 0 Å². The lowest BCUT2D eigenvalue weighted by molar-refractivity contribution is 0.184. The molecule has 1 aliphatic heterocycles. The van der Waals surface area contributed by atoms with Crippen LogP contribution in [0.5, 0.6) is 0 Å². The highest BCUT2D eigenvalue weighted by molar-refractivity contribution is 5.89. The van der Waals surface area contributed by atoms with Gasteiger partial charge in [0.05, 0.1) is 11.9 Å². The number of pyridine rings is 1. The van der Waals surface area contributed by atoms with Crippen molar-refractivity contribution in [3.05, 3.63) is 61.3 Å². The van der Waals surface area contributed by atoms with E-state index in [9.17, 15) is 4.79 Å². The highest BCUT2D eigenvalue weighted by Gasteiger charge is 2.23. The molecule has 25 heavy (non-hydrogen) atoms. The Kier molecular flexibility index (Phi) is 4.20. The molecule has 0 bridgehead atoms. The number of hydrogen-bond donors (Lipinski definition) is 1. The second kappa shape index (κ2) is 6.80. The smallest absolute Gasteiger partial charge is 0.321 e. The van der Waals surface area contributed by atoms with Crippen molar-refractivity contribution in [2.24, 2.45) is 0 Å². The molecule has 3 aromatic rings. The van der Waals surface area contributed by atoms with Crippen LogP contribution >= 0.6 is 0 Å². The molecule has 1 N–H and O–H groups in total. The van der Waals surface area contributed by atoms with E-state index < -0.39 is 0 Å². The molecular weight excluding hydrogens is 316 g/mol. The van der Waals surface area contributed by atoms with E-state index in [0.29, 0.717) is 11.7 Å². The van der Waals surface area contributed by atoms with Crippen LogP contribution in [-0.2, 0) is 0 Å². The van der Waals surface area contributed by atoms with E-state index in [1.807, 2.05) is 41.4 Å². The van der Waals surface area contributed by atoms with Crippen molar-refractivity contribution in [3.8, 4) is 5.82 Å². The van der Waals surface area contributed by atoms with Gasteiger partial charge in [-0.1, -0.05) is 0 Å². The van der Waals surface area contributed by atoms with Crippen molar-refractivity contribution in [3.63, 3.8) is 0 Å². The zero-order valence-corrected chi connectivity index (χ0v) is 13.8. The van der Waals surface area contributed by atoms with Crippen LogP contribution in [0.25, 0.3) is 5.82 Å². The molecule has 3 aromatic heterocycles. The molecule has 0 spiro atoms. The zero-order valence-electron chi connectivity index (χ0n) is 13.8. The van der Waals surface area contributed by atoms with Crippen molar-refractivity contribution >= 4 is 11.7 Å². The Morgan fingerprint density at radius 2 is 1.88 bits per heavy atom. The van der Waals surface area contributed by atoms with Gasteiger partial charge in [-0.25, -0.2) is 14.5 Å². The second-order valence-electron chi connectivity index (χ2n) is 6.13. The molecule has 1 fully saturated rings. The number of hydrogen-bond acceptors (Lipinski definition) is 3. The predicted octanol–water partition coefficient (Wildman–Crippen LogP) is 2.94. The van der Waals surface area contributed by atoms with E-state index in [0.717, 1.165) is 31.7 Å². The summed E-state index contributed by atoms with van der Waals surface area (Å²) in [4.78, 5) is 18.6. The van der Waals surface area contributed by atoms with Crippen LogP contribution in [0.15, 0.2) is 61.3 Å². The number of carbonyl (C=O) groups excluding carboxylic acids is 1. The summed E-state index contributed by atoms with van der Waals surface area (Å²) in [5.41, 5.74) is 0.688. The summed E-state index contributed by atoms with van der Waals surface area (Å²) in [6, 6.07) is 10.0. The normalized spacial score (nSPS) is 15.3. The SMILES string of the molecule is O=C(Nc1ccc(-n2cccn2)nc1)N1CCC(n2cccc2)CC1. The molecule has 0 aromatic carbocycles. The molecule has 1 aliphatic rings. The first kappa shape index (κ1) is 15.4. The van der Waals surface area contributed by atoms with E-state index in [-0.39, 0.29) is 6.03 Å². The van der Waals surface area contributed by atoms with Crippen molar-refractivity contribution < 1.29 is 4.79 Å². The van der Waals surface area contributed by atoms with Crippen molar-refractivity contribution in [1.29, 1.82) is 0 Å². The molecule has 7 heteroatoms. The monoisotopic (exact) mass is 336 g/mol. The zero-order chi connectivity index (χ0) is 17.1. The van der Waals surface area contributed by atoms with Gasteiger partial charge in [0.25, 0.3) is 0 Å². The lowest BCUT2D eigenvalue weighted by atomic mass is 10.1. The van der Waals surface area contributed by atoms with E-state index in [1.165, 1.54) is 0 Å². The Hall–Kier alpha value is -3.09. The van der Waals surface area contributed by atoms with E-state index in [2.05, 4.69) is 32.4 Å². The molecule has 1 saturated heterocycles. The number of nitrogens with zero attached hydrogens (tertiary/aromatic N) is 5. The minimum Gasteiger partial charge on any atom is -0.351 e. The van der Waals surface area contributed by atoms with Gasteiger partial charge in [-0.3, -0.25) is 0 Å². The third-order valence-corrected chi connectivity index (χ3v) is 4.54. The highest BCUT2D eigenvalue weighted by atomic mass is 16.2. The van der Waals surface area contributed by atoms with Crippen molar-refractivity contribution in [2.45, 2.75) is 18.9 Å². The molecule has 2 amide bonds. The molecule has 128 valence electrons. The summed E-state index contributed by atoms with van der Waals surface area (Å²) in [5.74, 6) is 0.718. The number of nitrogens with one attached hydrogen (secondary N) is 1. The molecule has 0 aliphatic carbocycles. The minimum absolute atomic E-state index is 0.0698. The van der Waals surface area contributed by atoms with Crippen molar-refractivity contribution in [1.82, 2.24) is 24.2 Å². The number of urea groups is 1. The summed E-state index contributed by atoms with van der Waals surface area (Å²) in [5, 5.41) is 7.06. The average Bonchev–Trinajstić information content (AvgIpc) is 3.36. The van der Waals surface area contributed by atoms with E-state index in [1.54, 1.807) is 17.1 Å². The standard InChI is InChI=1S/C18H20N6O/c25-18(23-12-6-16(7-13-23)22-9-1-2-10-22)21-15-4-5-17(19-14-15)24-11-3-8-20-24/h1-5,8-11,14,16H,6-7,12-13H2,(H,21,25). The number of carbonyl (C=O) groups is 1. The first-order chi connectivity index (χ1) is 12.3. The van der Waals surface area contributed by atoms with Gasteiger partial charge in [-0.15, -0.1) is 0 Å². The first-order valence-corrected chi connectivity index (χ1v) is 8.44. The van der Waals surface area contributed by atoms with Crippen LogP contribution in [0.2, 0.25) is 0 Å². The van der Waals surface area contributed by atoms with Crippen molar-refractivity contribution in [2.75, 3.05) is 18.4 Å². The Morgan fingerprint density at radius 3 is 2.52 bits per heavy atom. The molecule has 4 rings (SSSR count). The molecule has 0 atom stereocenters. The maximum absolute atomic E-state index is 12.4. The number of rotatable bonds is 3. The fourth-order valence-electron chi connectivity index (χ4n) is 3.16. The second-order valence-corrected chi connectivity index (χ2v) is 6.13. The maximum Gasteiger partial charge on any atom is 0.321 e. The summed E-state index contributed by atoms with van der Waals surface area (Å²) >= 11 is 0. The topological polar surface area (TPSA) is 68.0 Å². The van der Waals surface area contributed by atoms with Gasteiger partial charge in [0.15, 0.2) is 5.82 Å². The number of anilines is 1. The average molecular weight is 336 g/mol. The fourth-order valence-corrected chi connectivity index (χ4v) is 3.16. The third-order valence-electron chi connectivity index (χ3n) is 4.54. The quantitative estimate of drug-likeness (QED) is 0.799. The summed E-state index contributed by atoms with van der Waals surface area (Å²) in [7, 11) is 0. The number of likely N-dealkylation sites (tertiary alicyclic amines) is 1. The lowest BCUT2D eigenvalue weighted by Gasteiger charge is -2.32. The Bertz CT molecular complexity index is 802. The summed E-state index contributed by atoms with van der Waals surface area (Å²) in [6.07, 6.45) is 11.3. The molecule has 7 nitrogen and oxygen atoms in total. The Balaban J connectivity index is 1.33. The van der Waals surface area contributed by atoms with Gasteiger partial charge in [-0.05, 0) is 43.2 Å². The highest BCUT2D eigenvalue weighted by Crippen LogP contribution is 2.23. The van der Waals surface area contributed by atoms with Gasteiger partial charge in [0, 0.05) is 43.9 Å². The summed E-state index contributed by atoms with van der Waals surface area (Å²) in [6.45, 7) is 1.51. The fraction of sp³-hybridized carbons (Fsp3) is 0.278. The largest absolute Gasteiger partial charge is 0.351 e. The molecule has 0 unspecified atom stereocenters. The third kappa shape index (κ3) is 3.40. The molecule has 0 radical (unpaired) electrons. The molecule has 4 heterocycles. The summed E-state index contributed by atoms with van der Waals surface area (Å²) < 4.78 is 3.91. The number of piperidine rings is 1. The minimum atomic E-state index is -0.0698. The van der Waals surface area contributed by atoms with Gasteiger partial charge in [-0.2, -0.15) is 5.10 Å². The molecular formula is C18H20N6O. The Labute approximate surface area is 145 Å². The predicted molar refractivity (Wildman–Crippen MR) is 94.7 cm³/mol. The first-order valence-electron chi connectivity index (χ1n) is 8.44. The van der Waals surface area contributed by atoms with Crippen LogP contribution in [0.4, 0.5) is 10.5 Å². The van der Waals surface area contributed by atoms with E-state index >= 15 is 0 Å². The van der Waals surface area contributed by atoms with Crippen LogP contribution in [0.3, 0.4) is 0 Å². The van der Waals surface area contributed by atoms with Gasteiger partial charge >= 0.3 is 6.03 Å². The van der Waals surface area contributed by atoms with E-state index in [4.69, 9.17) is 0 Å². The maximum atomic E-state index is 12.4. The van der Waals surface area contributed by atoms with Crippen LogP contribution < -0.4 is 5.32 Å². The molecule has 0 saturated carbocycles. The van der Waals surface area contributed by atoms with Gasteiger partial charge in [0.1, 0.15) is 0 Å². The van der Waals surface area contributed by atoms with Crippen LogP contribution in [0.1, 0.15) is 18.9 Å². The number of amides is 2. The lowest BCUT2D eigenvalue weighted by Crippen LogP contribution is -2.41. The number of aromatic nitrogens is 4.